The predicted molar refractivity (Wildman–Crippen MR) is 112 cm³/mol. The Hall–Kier alpha value is -0.280. The molecule has 0 saturated heterocycles. The van der Waals surface area contributed by atoms with Crippen LogP contribution in [-0.4, -0.2) is 92.9 Å². The molecule has 0 amide bonds. The summed E-state index contributed by atoms with van der Waals surface area (Å²) in [5, 5.41) is 3.02. The van der Waals surface area contributed by atoms with E-state index in [9.17, 15) is 0 Å². The van der Waals surface area contributed by atoms with Gasteiger partial charge in [-0.3, -0.25) is 0 Å². The normalized spacial score (nSPS) is 11.4. The van der Waals surface area contributed by atoms with Crippen LogP contribution in [0.1, 0.15) is 45.4 Å². The molecular formula is C21H45NO6. The van der Waals surface area contributed by atoms with Crippen molar-refractivity contribution < 1.29 is 28.4 Å². The predicted octanol–water partition coefficient (Wildman–Crippen LogP) is 2.67. The van der Waals surface area contributed by atoms with Gasteiger partial charge in [-0.15, -0.1) is 0 Å². The molecule has 0 rings (SSSR count). The molecule has 0 spiro atoms. The molecule has 0 unspecified atom stereocenters. The van der Waals surface area contributed by atoms with Crippen LogP contribution in [0.3, 0.4) is 0 Å². The van der Waals surface area contributed by atoms with E-state index in [-0.39, 0.29) is 0 Å². The van der Waals surface area contributed by atoms with Gasteiger partial charge >= 0.3 is 0 Å². The first-order valence-corrected chi connectivity index (χ1v) is 11.0. The topological polar surface area (TPSA) is 67.4 Å². The van der Waals surface area contributed by atoms with Crippen molar-refractivity contribution in [3.63, 3.8) is 0 Å². The summed E-state index contributed by atoms with van der Waals surface area (Å²) >= 11 is 0. The van der Waals surface area contributed by atoms with Gasteiger partial charge in [0.1, 0.15) is 0 Å². The molecule has 28 heavy (non-hydrogen) atoms. The van der Waals surface area contributed by atoms with Crippen molar-refractivity contribution in [2.45, 2.75) is 45.4 Å². The summed E-state index contributed by atoms with van der Waals surface area (Å²) in [7, 11) is 1.90. The van der Waals surface area contributed by atoms with Crippen molar-refractivity contribution in [2.24, 2.45) is 0 Å². The highest BCUT2D eigenvalue weighted by Gasteiger charge is 1.95. The van der Waals surface area contributed by atoms with Gasteiger partial charge in [0.2, 0.25) is 0 Å². The highest BCUT2D eigenvalue weighted by atomic mass is 16.6. The Balaban J connectivity index is 2.96. The molecule has 0 aromatic rings. The van der Waals surface area contributed by atoms with Crippen LogP contribution in [0.2, 0.25) is 0 Å². The molecule has 1 N–H and O–H groups in total. The zero-order valence-electron chi connectivity index (χ0n) is 18.4. The number of nitrogens with one attached hydrogen (secondary N) is 1. The Morgan fingerprint density at radius 1 is 0.429 bits per heavy atom. The van der Waals surface area contributed by atoms with Gasteiger partial charge in [-0.05, 0) is 13.5 Å². The summed E-state index contributed by atoms with van der Waals surface area (Å²) in [5.74, 6) is 0. The first-order valence-electron chi connectivity index (χ1n) is 11.0. The van der Waals surface area contributed by atoms with Crippen LogP contribution < -0.4 is 5.32 Å². The summed E-state index contributed by atoms with van der Waals surface area (Å²) in [6.45, 7) is 10.7. The van der Waals surface area contributed by atoms with E-state index in [0.29, 0.717) is 72.7 Å². The lowest BCUT2D eigenvalue weighted by Crippen LogP contribution is -2.17. The van der Waals surface area contributed by atoms with Gasteiger partial charge in [0.15, 0.2) is 0 Å². The van der Waals surface area contributed by atoms with Crippen LogP contribution in [0.4, 0.5) is 0 Å². The van der Waals surface area contributed by atoms with E-state index in [1.54, 1.807) is 0 Å². The minimum atomic E-state index is 0.573. The largest absolute Gasteiger partial charge is 0.379 e. The maximum Gasteiger partial charge on any atom is 0.0701 e. The van der Waals surface area contributed by atoms with Gasteiger partial charge in [-0.1, -0.05) is 39.0 Å². The lowest BCUT2D eigenvalue weighted by Gasteiger charge is -2.08. The minimum Gasteiger partial charge on any atom is -0.379 e. The van der Waals surface area contributed by atoms with E-state index >= 15 is 0 Å². The number of rotatable bonds is 25. The second kappa shape index (κ2) is 26.7. The number of likely N-dealkylation sites (N-methyl/N-ethyl adjacent to an activating group) is 1. The third-order valence-corrected chi connectivity index (χ3v) is 4.00. The molecule has 0 saturated carbocycles. The first-order chi connectivity index (χ1) is 13.9. The highest BCUT2D eigenvalue weighted by Crippen LogP contribution is 2.04. The van der Waals surface area contributed by atoms with Crippen LogP contribution >= 0.6 is 0 Å². The average Bonchev–Trinajstić information content (AvgIpc) is 2.71. The Bertz CT molecular complexity index is 245. The van der Waals surface area contributed by atoms with Gasteiger partial charge < -0.3 is 33.7 Å². The zero-order chi connectivity index (χ0) is 20.4. The van der Waals surface area contributed by atoms with E-state index in [2.05, 4.69) is 12.2 Å². The molecule has 0 aliphatic rings. The van der Waals surface area contributed by atoms with Crippen LogP contribution in [0.5, 0.6) is 0 Å². The van der Waals surface area contributed by atoms with E-state index < -0.39 is 0 Å². The number of hydrogen-bond acceptors (Lipinski definition) is 7. The fourth-order valence-corrected chi connectivity index (χ4v) is 2.36. The van der Waals surface area contributed by atoms with Gasteiger partial charge in [0.25, 0.3) is 0 Å². The third kappa shape index (κ3) is 25.7. The van der Waals surface area contributed by atoms with Gasteiger partial charge in [0.05, 0.1) is 72.7 Å². The molecule has 0 aromatic heterocycles. The van der Waals surface area contributed by atoms with Crippen molar-refractivity contribution in [2.75, 3.05) is 92.9 Å². The van der Waals surface area contributed by atoms with E-state index in [4.69, 9.17) is 28.4 Å². The van der Waals surface area contributed by atoms with E-state index in [1.165, 1.54) is 32.1 Å². The molecule has 0 bridgehead atoms. The molecule has 0 radical (unpaired) electrons. The standard InChI is InChI=1S/C21H45NO6/c1-3-4-5-6-7-8-10-23-12-14-25-16-18-27-20-21-28-19-17-26-15-13-24-11-9-22-2/h22H,3-21H2,1-2H3. The Morgan fingerprint density at radius 2 is 0.786 bits per heavy atom. The molecule has 7 nitrogen and oxygen atoms in total. The third-order valence-electron chi connectivity index (χ3n) is 4.00. The fourth-order valence-electron chi connectivity index (χ4n) is 2.36. The molecule has 0 fully saturated rings. The number of unbranched alkanes of at least 4 members (excludes halogenated alkanes) is 5. The zero-order valence-corrected chi connectivity index (χ0v) is 18.4. The quantitative estimate of drug-likeness (QED) is 0.233. The highest BCUT2D eigenvalue weighted by molar-refractivity contribution is 4.43. The average molecular weight is 408 g/mol. The molecule has 0 aliphatic carbocycles. The van der Waals surface area contributed by atoms with Gasteiger partial charge in [-0.2, -0.15) is 0 Å². The monoisotopic (exact) mass is 407 g/mol. The fraction of sp³-hybridized carbons (Fsp3) is 1.00. The second-order valence-electron chi connectivity index (χ2n) is 6.55. The van der Waals surface area contributed by atoms with E-state index in [0.717, 1.165) is 19.6 Å². The van der Waals surface area contributed by atoms with Crippen molar-refractivity contribution in [1.82, 2.24) is 5.32 Å². The van der Waals surface area contributed by atoms with Crippen molar-refractivity contribution in [1.29, 1.82) is 0 Å². The lowest BCUT2D eigenvalue weighted by atomic mass is 10.1. The Kier molecular flexibility index (Phi) is 26.5. The molecule has 170 valence electrons. The Morgan fingerprint density at radius 3 is 1.21 bits per heavy atom. The van der Waals surface area contributed by atoms with Crippen molar-refractivity contribution in [3.8, 4) is 0 Å². The maximum absolute atomic E-state index is 5.56. The van der Waals surface area contributed by atoms with Crippen LogP contribution in [0.15, 0.2) is 0 Å². The second-order valence-corrected chi connectivity index (χ2v) is 6.55. The molecular weight excluding hydrogens is 362 g/mol. The summed E-state index contributed by atoms with van der Waals surface area (Å²) in [4.78, 5) is 0. The van der Waals surface area contributed by atoms with E-state index in [1.807, 2.05) is 7.05 Å². The van der Waals surface area contributed by atoms with Crippen molar-refractivity contribution >= 4 is 0 Å². The lowest BCUT2D eigenvalue weighted by molar-refractivity contribution is -0.0166. The van der Waals surface area contributed by atoms with Gasteiger partial charge in [-0.25, -0.2) is 0 Å². The van der Waals surface area contributed by atoms with Crippen LogP contribution in [0, 0.1) is 0 Å². The maximum atomic E-state index is 5.56. The van der Waals surface area contributed by atoms with Gasteiger partial charge in [0, 0.05) is 13.2 Å². The number of ether oxygens (including phenoxy) is 6. The molecule has 0 heterocycles. The Labute approximate surface area is 172 Å². The summed E-state index contributed by atoms with van der Waals surface area (Å²) < 4.78 is 32.7. The summed E-state index contributed by atoms with van der Waals surface area (Å²) in [5.41, 5.74) is 0. The molecule has 0 aromatic carbocycles. The van der Waals surface area contributed by atoms with Crippen LogP contribution in [0.25, 0.3) is 0 Å². The smallest absolute Gasteiger partial charge is 0.0701 e. The summed E-state index contributed by atoms with van der Waals surface area (Å²) in [6, 6.07) is 0. The molecule has 7 heteroatoms. The molecule has 0 aliphatic heterocycles. The summed E-state index contributed by atoms with van der Waals surface area (Å²) in [6.07, 6.45) is 7.76. The molecule has 0 atom stereocenters. The van der Waals surface area contributed by atoms with Crippen molar-refractivity contribution in [3.05, 3.63) is 0 Å². The minimum absolute atomic E-state index is 0.573. The first kappa shape index (κ1) is 27.7. The number of hydrogen-bond donors (Lipinski definition) is 1. The SMILES string of the molecule is CCCCCCCCOCCOCCOCCOCCOCCOCCNC. The van der Waals surface area contributed by atoms with Crippen LogP contribution in [-0.2, 0) is 28.4 Å².